The molecule has 0 amide bonds. The lowest BCUT2D eigenvalue weighted by Gasteiger charge is -2.10. The largest absolute Gasteiger partial charge is 0.456 e. The molecule has 0 spiro atoms. The summed E-state index contributed by atoms with van der Waals surface area (Å²) in [5.41, 5.74) is 0. The van der Waals surface area contributed by atoms with Gasteiger partial charge in [0.15, 0.2) is 0 Å². The van der Waals surface area contributed by atoms with Gasteiger partial charge < -0.3 is 14.2 Å². The summed E-state index contributed by atoms with van der Waals surface area (Å²) in [5.74, 6) is 4.69. The second-order valence-corrected chi connectivity index (χ2v) is 3.55. The van der Waals surface area contributed by atoms with Crippen LogP contribution < -0.4 is 0 Å². The molecule has 1 unspecified atom stereocenters. The smallest absolute Gasteiger partial charge is 0.384 e. The Morgan fingerprint density at radius 2 is 2.06 bits per heavy atom. The molecular formula is C13H22O4. The molecule has 98 valence electrons. The number of ether oxygens (including phenoxy) is 3. The second kappa shape index (κ2) is 11.4. The summed E-state index contributed by atoms with van der Waals surface area (Å²) in [6, 6.07) is 0. The number of carbonyl (C=O) groups is 1. The van der Waals surface area contributed by atoms with Crippen molar-refractivity contribution in [1.82, 2.24) is 0 Å². The van der Waals surface area contributed by atoms with Gasteiger partial charge in [0.1, 0.15) is 12.9 Å². The van der Waals surface area contributed by atoms with Crippen molar-refractivity contribution >= 4 is 5.97 Å². The topological polar surface area (TPSA) is 44.8 Å². The van der Waals surface area contributed by atoms with E-state index in [1.165, 1.54) is 0 Å². The quantitative estimate of drug-likeness (QED) is 0.215. The molecule has 0 saturated heterocycles. The van der Waals surface area contributed by atoms with Crippen molar-refractivity contribution in [3.8, 4) is 11.8 Å². The Kier molecular flexibility index (Phi) is 10.7. The summed E-state index contributed by atoms with van der Waals surface area (Å²) < 4.78 is 14.9. The number of esters is 1. The van der Waals surface area contributed by atoms with Gasteiger partial charge in [-0.1, -0.05) is 25.7 Å². The third-order valence-electron chi connectivity index (χ3n) is 2.07. The van der Waals surface area contributed by atoms with Gasteiger partial charge in [0.2, 0.25) is 0 Å². The van der Waals surface area contributed by atoms with Crippen molar-refractivity contribution in [2.75, 3.05) is 20.5 Å². The predicted octanol–water partition coefficient (Wildman–Crippen LogP) is 2.12. The molecule has 0 N–H and O–H groups in total. The zero-order chi connectivity index (χ0) is 12.9. The minimum atomic E-state index is -0.506. The second-order valence-electron chi connectivity index (χ2n) is 3.55. The molecule has 0 rings (SSSR count). The molecule has 17 heavy (non-hydrogen) atoms. The Labute approximate surface area is 104 Å². The van der Waals surface area contributed by atoms with E-state index in [1.807, 2.05) is 0 Å². The lowest BCUT2D eigenvalue weighted by molar-refractivity contribution is -0.136. The van der Waals surface area contributed by atoms with Crippen molar-refractivity contribution in [1.29, 1.82) is 0 Å². The Hall–Kier alpha value is -1.05. The fraction of sp³-hybridized carbons (Fsp3) is 0.769. The molecule has 0 aromatic heterocycles. The molecule has 0 aromatic rings. The number of rotatable bonds is 8. The van der Waals surface area contributed by atoms with Crippen LogP contribution in [0.2, 0.25) is 0 Å². The lowest BCUT2D eigenvalue weighted by atomic mass is 10.1. The van der Waals surface area contributed by atoms with E-state index in [1.54, 1.807) is 14.0 Å². The maximum absolute atomic E-state index is 11.1. The van der Waals surface area contributed by atoms with Gasteiger partial charge >= 0.3 is 5.97 Å². The minimum absolute atomic E-state index is 0.189. The lowest BCUT2D eigenvalue weighted by Crippen LogP contribution is -2.13. The molecule has 0 aromatic carbocycles. The Morgan fingerprint density at radius 1 is 1.29 bits per heavy atom. The van der Waals surface area contributed by atoms with E-state index in [0.717, 1.165) is 25.7 Å². The summed E-state index contributed by atoms with van der Waals surface area (Å²) in [6.45, 7) is 4.41. The van der Waals surface area contributed by atoms with E-state index in [9.17, 15) is 4.79 Å². The van der Waals surface area contributed by atoms with Crippen molar-refractivity contribution in [3.05, 3.63) is 0 Å². The molecule has 0 heterocycles. The molecular weight excluding hydrogens is 220 g/mol. The number of unbranched alkanes of at least 4 members (excludes halogenated alkanes) is 2. The van der Waals surface area contributed by atoms with Gasteiger partial charge in [-0.3, -0.25) is 0 Å². The van der Waals surface area contributed by atoms with Crippen LogP contribution in [0.5, 0.6) is 0 Å². The van der Waals surface area contributed by atoms with E-state index in [0.29, 0.717) is 6.61 Å². The first-order valence-corrected chi connectivity index (χ1v) is 6.03. The highest BCUT2D eigenvalue weighted by Gasteiger charge is 2.05. The highest BCUT2D eigenvalue weighted by molar-refractivity contribution is 5.88. The normalized spacial score (nSPS) is 11.5. The van der Waals surface area contributed by atoms with Gasteiger partial charge in [-0.25, -0.2) is 4.79 Å². The van der Waals surface area contributed by atoms with Gasteiger partial charge in [-0.2, -0.15) is 0 Å². The SMILES string of the molecule is CCCCCC(C#CC(=O)OCC)OCOC. The highest BCUT2D eigenvalue weighted by atomic mass is 16.7. The Morgan fingerprint density at radius 3 is 2.65 bits per heavy atom. The van der Waals surface area contributed by atoms with Gasteiger partial charge in [-0.05, 0) is 19.8 Å². The summed E-state index contributed by atoms with van der Waals surface area (Å²) in [7, 11) is 1.56. The van der Waals surface area contributed by atoms with Crippen molar-refractivity contribution in [3.63, 3.8) is 0 Å². The predicted molar refractivity (Wildman–Crippen MR) is 65.3 cm³/mol. The van der Waals surface area contributed by atoms with Crippen LogP contribution in [0.3, 0.4) is 0 Å². The molecule has 4 heteroatoms. The van der Waals surface area contributed by atoms with Gasteiger partial charge in [0.25, 0.3) is 0 Å². The van der Waals surface area contributed by atoms with Crippen LogP contribution >= 0.6 is 0 Å². The molecule has 0 aliphatic carbocycles. The van der Waals surface area contributed by atoms with Crippen LogP contribution in [-0.4, -0.2) is 32.6 Å². The minimum Gasteiger partial charge on any atom is -0.456 e. The van der Waals surface area contributed by atoms with E-state index in [-0.39, 0.29) is 12.9 Å². The first kappa shape index (κ1) is 16.0. The standard InChI is InChI=1S/C13H22O4/c1-4-6-7-8-12(17-11-15-3)9-10-13(14)16-5-2/h12H,4-8,11H2,1-3H3. The molecule has 4 nitrogen and oxygen atoms in total. The summed E-state index contributed by atoms with van der Waals surface area (Å²) in [4.78, 5) is 11.1. The van der Waals surface area contributed by atoms with Crippen molar-refractivity contribution in [2.45, 2.75) is 45.6 Å². The van der Waals surface area contributed by atoms with Crippen LogP contribution in [0.1, 0.15) is 39.5 Å². The Bertz CT molecular complexity index is 252. The first-order chi connectivity index (χ1) is 8.24. The van der Waals surface area contributed by atoms with Crippen LogP contribution in [0.4, 0.5) is 0 Å². The monoisotopic (exact) mass is 242 g/mol. The van der Waals surface area contributed by atoms with Crippen LogP contribution in [0, 0.1) is 11.8 Å². The van der Waals surface area contributed by atoms with Gasteiger partial charge in [0, 0.05) is 13.0 Å². The van der Waals surface area contributed by atoms with Crippen molar-refractivity contribution < 1.29 is 19.0 Å². The summed E-state index contributed by atoms with van der Waals surface area (Å²) >= 11 is 0. The number of carbonyl (C=O) groups excluding carboxylic acids is 1. The third kappa shape index (κ3) is 9.86. The average molecular weight is 242 g/mol. The zero-order valence-electron chi connectivity index (χ0n) is 11.0. The van der Waals surface area contributed by atoms with E-state index >= 15 is 0 Å². The van der Waals surface area contributed by atoms with Crippen LogP contribution in [-0.2, 0) is 19.0 Å². The fourth-order valence-corrected chi connectivity index (χ4v) is 1.23. The van der Waals surface area contributed by atoms with Crippen molar-refractivity contribution in [2.24, 2.45) is 0 Å². The van der Waals surface area contributed by atoms with Crippen LogP contribution in [0.25, 0.3) is 0 Å². The average Bonchev–Trinajstić information content (AvgIpc) is 2.32. The number of methoxy groups -OCH3 is 1. The molecule has 0 aliphatic heterocycles. The van der Waals surface area contributed by atoms with Gasteiger partial charge in [0.05, 0.1) is 6.61 Å². The Balaban J connectivity index is 4.10. The maximum atomic E-state index is 11.1. The summed E-state index contributed by atoms with van der Waals surface area (Å²) in [5, 5.41) is 0. The van der Waals surface area contributed by atoms with Crippen LogP contribution in [0.15, 0.2) is 0 Å². The highest BCUT2D eigenvalue weighted by Crippen LogP contribution is 2.06. The van der Waals surface area contributed by atoms with E-state index < -0.39 is 5.97 Å². The molecule has 0 radical (unpaired) electrons. The first-order valence-electron chi connectivity index (χ1n) is 6.03. The van der Waals surface area contributed by atoms with E-state index in [2.05, 4.69) is 18.8 Å². The fourth-order valence-electron chi connectivity index (χ4n) is 1.23. The molecule has 1 atom stereocenters. The molecule has 0 saturated carbocycles. The molecule has 0 fully saturated rings. The van der Waals surface area contributed by atoms with E-state index in [4.69, 9.17) is 14.2 Å². The third-order valence-corrected chi connectivity index (χ3v) is 2.07. The maximum Gasteiger partial charge on any atom is 0.384 e. The molecule has 0 aliphatic rings. The number of hydrogen-bond donors (Lipinski definition) is 0. The zero-order valence-corrected chi connectivity index (χ0v) is 11.0. The number of hydrogen-bond acceptors (Lipinski definition) is 4. The summed E-state index contributed by atoms with van der Waals surface area (Å²) in [6.07, 6.45) is 3.85. The molecule has 0 bridgehead atoms. The van der Waals surface area contributed by atoms with Gasteiger partial charge in [-0.15, -0.1) is 0 Å².